The highest BCUT2D eigenvalue weighted by molar-refractivity contribution is 7.91. The van der Waals surface area contributed by atoms with E-state index in [0.29, 0.717) is 5.56 Å². The van der Waals surface area contributed by atoms with Crippen LogP contribution in [0.4, 0.5) is 11.4 Å². The number of aromatic amines is 1. The number of nitrogens with one attached hydrogen (secondary N) is 2. The van der Waals surface area contributed by atoms with Crippen molar-refractivity contribution in [1.82, 2.24) is 4.98 Å². The first-order chi connectivity index (χ1) is 23.3. The number of ether oxygens (including phenoxy) is 1. The van der Waals surface area contributed by atoms with Crippen molar-refractivity contribution in [3.8, 4) is 11.1 Å². The molecule has 0 bridgehead atoms. The second-order valence-corrected chi connectivity index (χ2v) is 14.6. The van der Waals surface area contributed by atoms with E-state index < -0.39 is 65.0 Å². The van der Waals surface area contributed by atoms with Gasteiger partial charge in [-0.3, -0.25) is 18.9 Å². The zero-order valence-corrected chi connectivity index (χ0v) is 26.9. The predicted molar refractivity (Wildman–Crippen MR) is 177 cm³/mol. The molecule has 0 saturated heterocycles. The molecule has 49 heavy (non-hydrogen) atoms. The summed E-state index contributed by atoms with van der Waals surface area (Å²) >= 11 is 0. The number of carboxylic acids is 1. The minimum Gasteiger partial charge on any atom is -0.481 e. The maximum atomic E-state index is 14.1. The number of carboxylic acid groups (broad SMARTS) is 1. The van der Waals surface area contributed by atoms with Crippen LogP contribution in [-0.4, -0.2) is 55.0 Å². The average molecular weight is 703 g/mol. The number of aliphatic carboxylic acids is 1. The molecule has 6 rings (SSSR count). The molecular weight excluding hydrogens is 677 g/mol. The number of carbonyl (C=O) groups is 3. The first-order valence-corrected chi connectivity index (χ1v) is 17.8. The largest absolute Gasteiger partial charge is 0.481 e. The van der Waals surface area contributed by atoms with Crippen LogP contribution < -0.4 is 10.9 Å². The number of rotatable bonds is 11. The third-order valence-corrected chi connectivity index (χ3v) is 10.6. The molecule has 1 aromatic heterocycles. The van der Waals surface area contributed by atoms with E-state index in [4.69, 9.17) is 9.84 Å². The highest BCUT2D eigenvalue weighted by atomic mass is 32.2. The molecule has 0 radical (unpaired) electrons. The third-order valence-electron chi connectivity index (χ3n) is 7.90. The van der Waals surface area contributed by atoms with Crippen LogP contribution in [0.25, 0.3) is 22.0 Å². The molecule has 0 spiro atoms. The normalized spacial score (nSPS) is 12.4. The van der Waals surface area contributed by atoms with Crippen molar-refractivity contribution in [1.29, 1.82) is 0 Å². The predicted octanol–water partition coefficient (Wildman–Crippen LogP) is 4.73. The summed E-state index contributed by atoms with van der Waals surface area (Å²) in [4.78, 5) is 53.6. The van der Waals surface area contributed by atoms with Gasteiger partial charge in [-0.2, -0.15) is 8.42 Å². The number of H-pyrrole nitrogens is 1. The topological polar surface area (TPSA) is 214 Å². The summed E-state index contributed by atoms with van der Waals surface area (Å²) in [6.45, 7) is -0.197. The van der Waals surface area contributed by atoms with Crippen LogP contribution in [0.3, 0.4) is 0 Å². The van der Waals surface area contributed by atoms with Gasteiger partial charge < -0.3 is 20.1 Å². The molecule has 0 unspecified atom stereocenters. The Morgan fingerprint density at radius 1 is 0.837 bits per heavy atom. The van der Waals surface area contributed by atoms with E-state index >= 15 is 0 Å². The number of sulfone groups is 1. The molecule has 0 amide bonds. The Labute approximate surface area is 278 Å². The van der Waals surface area contributed by atoms with Crippen LogP contribution in [0.2, 0.25) is 0 Å². The summed E-state index contributed by atoms with van der Waals surface area (Å²) in [5.74, 6) is -3.27. The first kappa shape index (κ1) is 33.3. The van der Waals surface area contributed by atoms with Crippen molar-refractivity contribution in [2.75, 3.05) is 11.1 Å². The summed E-state index contributed by atoms with van der Waals surface area (Å²) in [5.41, 5.74) is -1.45. The summed E-state index contributed by atoms with van der Waals surface area (Å²) < 4.78 is 67.2. The summed E-state index contributed by atoms with van der Waals surface area (Å²) in [5, 5.41) is 11.6. The number of hydrogen-bond acceptors (Lipinski definition) is 10. The highest BCUT2D eigenvalue weighted by Gasteiger charge is 2.36. The van der Waals surface area contributed by atoms with Crippen molar-refractivity contribution in [2.24, 2.45) is 0 Å². The molecule has 0 aliphatic heterocycles. The van der Waals surface area contributed by atoms with Gasteiger partial charge in [-0.1, -0.05) is 60.7 Å². The second-order valence-electron chi connectivity index (χ2n) is 11.1. The van der Waals surface area contributed by atoms with E-state index in [9.17, 15) is 40.6 Å². The Kier molecular flexibility index (Phi) is 8.66. The van der Waals surface area contributed by atoms with Gasteiger partial charge in [0.05, 0.1) is 27.4 Å². The molecule has 13 nitrogen and oxygen atoms in total. The van der Waals surface area contributed by atoms with Crippen LogP contribution in [0, 0.1) is 0 Å². The average Bonchev–Trinajstić information content (AvgIpc) is 3.06. The molecule has 250 valence electrons. The SMILES string of the molecule is O=C(O)CCCS(=O)(=O)c1cccc(Nc2cc(S(=O)(=O)O)c3[nH]c(=O)c(C(=O)OCc4ccccc4)c4c3c2C(=O)c2ccccc2-4)c1. The molecule has 1 aliphatic carbocycles. The number of ketones is 1. The van der Waals surface area contributed by atoms with E-state index in [1.165, 1.54) is 36.4 Å². The fourth-order valence-electron chi connectivity index (χ4n) is 5.73. The van der Waals surface area contributed by atoms with Crippen LogP contribution >= 0.6 is 0 Å². The smallest absolute Gasteiger partial charge is 0.344 e. The number of hydrogen-bond donors (Lipinski definition) is 4. The van der Waals surface area contributed by atoms with Crippen molar-refractivity contribution < 1.29 is 45.6 Å². The van der Waals surface area contributed by atoms with Crippen molar-refractivity contribution in [3.05, 3.63) is 118 Å². The fraction of sp³-hybridized carbons (Fsp3) is 0.118. The first-order valence-electron chi connectivity index (χ1n) is 14.7. The van der Waals surface area contributed by atoms with Gasteiger partial charge in [0, 0.05) is 28.6 Å². The summed E-state index contributed by atoms with van der Waals surface area (Å²) in [6, 6.07) is 21.0. The maximum Gasteiger partial charge on any atom is 0.344 e. The standard InChI is InChI=1S/C34H26N2O11S2/c37-26(38)14-7-15-48(42,43)21-11-6-10-20(16-21)35-24-17-25(49(44,45)46)31-29-27(22-12-4-5-13-23(22)32(39)28(24)29)30(33(40)36-31)34(41)47-18-19-8-2-1-3-9-19/h1-6,8-13,16-17,35H,7,14-15,18H2,(H,36,40)(H,37,38)(H,44,45,46). The lowest BCUT2D eigenvalue weighted by atomic mass is 9.81. The molecule has 15 heteroatoms. The van der Waals surface area contributed by atoms with E-state index in [1.54, 1.807) is 42.5 Å². The molecule has 0 atom stereocenters. The van der Waals surface area contributed by atoms with E-state index in [0.717, 1.165) is 6.07 Å². The zero-order valence-electron chi connectivity index (χ0n) is 25.3. The number of carbonyl (C=O) groups excluding carboxylic acids is 2. The number of esters is 1. The number of pyridine rings is 1. The Hall–Kier alpha value is -5.64. The van der Waals surface area contributed by atoms with Crippen LogP contribution in [0.1, 0.15) is 44.7 Å². The molecule has 4 N–H and O–H groups in total. The van der Waals surface area contributed by atoms with Crippen molar-refractivity contribution >= 4 is 60.0 Å². The molecule has 4 aromatic carbocycles. The van der Waals surface area contributed by atoms with Gasteiger partial charge in [-0.25, -0.2) is 13.2 Å². The van der Waals surface area contributed by atoms with E-state index in [2.05, 4.69) is 10.3 Å². The van der Waals surface area contributed by atoms with Gasteiger partial charge in [0.15, 0.2) is 15.6 Å². The molecule has 0 saturated carbocycles. The van der Waals surface area contributed by atoms with Crippen LogP contribution in [-0.2, 0) is 36.1 Å². The maximum absolute atomic E-state index is 14.1. The van der Waals surface area contributed by atoms with E-state index in [1.807, 2.05) is 0 Å². The third kappa shape index (κ3) is 6.46. The van der Waals surface area contributed by atoms with Gasteiger partial charge in [-0.15, -0.1) is 0 Å². The van der Waals surface area contributed by atoms with Crippen LogP contribution in [0.5, 0.6) is 0 Å². The Morgan fingerprint density at radius 3 is 2.22 bits per heavy atom. The van der Waals surface area contributed by atoms with Gasteiger partial charge in [-0.05, 0) is 41.8 Å². The Bertz CT molecular complexity index is 2470. The van der Waals surface area contributed by atoms with Gasteiger partial charge in [0.25, 0.3) is 15.7 Å². The number of anilines is 2. The van der Waals surface area contributed by atoms with Crippen LogP contribution in [0.15, 0.2) is 99.5 Å². The van der Waals surface area contributed by atoms with Crippen molar-refractivity contribution in [3.63, 3.8) is 0 Å². The second kappa shape index (κ2) is 12.8. The number of fused-ring (bicyclic) bond motifs is 2. The lowest BCUT2D eigenvalue weighted by Crippen LogP contribution is -2.25. The van der Waals surface area contributed by atoms with Gasteiger partial charge in [0.1, 0.15) is 17.1 Å². The fourth-order valence-corrected chi connectivity index (χ4v) is 7.76. The van der Waals surface area contributed by atoms with Gasteiger partial charge in [0.2, 0.25) is 0 Å². The quantitative estimate of drug-likeness (QED) is 0.107. The Morgan fingerprint density at radius 2 is 1.53 bits per heavy atom. The molecule has 5 aromatic rings. The number of benzene rings is 4. The summed E-state index contributed by atoms with van der Waals surface area (Å²) in [6.07, 6.45) is -0.487. The minimum absolute atomic E-state index is 0.0800. The molecule has 0 fully saturated rings. The van der Waals surface area contributed by atoms with Gasteiger partial charge >= 0.3 is 11.9 Å². The zero-order chi connectivity index (χ0) is 35.1. The molecule has 1 aliphatic rings. The molecule has 1 heterocycles. The lowest BCUT2D eigenvalue weighted by Gasteiger charge is -2.25. The molecular formula is C34H26N2O11S2. The summed E-state index contributed by atoms with van der Waals surface area (Å²) in [7, 11) is -9.02. The van der Waals surface area contributed by atoms with Crippen molar-refractivity contribution in [2.45, 2.75) is 29.2 Å². The highest BCUT2D eigenvalue weighted by Crippen LogP contribution is 2.45. The minimum atomic E-state index is -5.08. The monoisotopic (exact) mass is 702 g/mol. The number of aromatic nitrogens is 1. The Balaban J connectivity index is 1.56. The van der Waals surface area contributed by atoms with E-state index in [-0.39, 0.29) is 63.4 Å². The lowest BCUT2D eigenvalue weighted by molar-refractivity contribution is -0.137.